The van der Waals surface area contributed by atoms with Gasteiger partial charge in [0.05, 0.1) is 0 Å². The van der Waals surface area contributed by atoms with Crippen LogP contribution in [0.25, 0.3) is 0 Å². The van der Waals surface area contributed by atoms with Crippen LogP contribution >= 0.6 is 8.03 Å². The zero-order valence-corrected chi connectivity index (χ0v) is 12.6. The summed E-state index contributed by atoms with van der Waals surface area (Å²) in [7, 11) is -1.90. The number of carbonyl (C=O) groups is 1. The Balaban J connectivity index is 2.49. The van der Waals surface area contributed by atoms with Crippen molar-refractivity contribution >= 4 is 14.0 Å². The molecule has 1 fully saturated rings. The first-order chi connectivity index (χ1) is 8.40. The van der Waals surface area contributed by atoms with Crippen LogP contribution in [0.3, 0.4) is 0 Å². The summed E-state index contributed by atoms with van der Waals surface area (Å²) in [5, 5.41) is 0. The Morgan fingerprint density at radius 1 is 1.39 bits per heavy atom. The minimum absolute atomic E-state index is 0.0351. The molecule has 0 N–H and O–H groups in total. The molecule has 0 aromatic heterocycles. The minimum atomic E-state index is -1.90. The standard InChI is InChI=1S/C13H24O4P/c1-9(2)12-6-5-10(3)7-13(12)17-18(15)8-16-11(4)14/h9-10,12-13H,5-8H2,1-4H3/q+1/t10-,12+,13-/m1/s1. The Hall–Kier alpha value is -0.470. The topological polar surface area (TPSA) is 52.6 Å². The second-order valence-electron chi connectivity index (χ2n) is 5.57. The van der Waals surface area contributed by atoms with Gasteiger partial charge in [0, 0.05) is 6.92 Å². The van der Waals surface area contributed by atoms with E-state index < -0.39 is 14.0 Å². The molecule has 0 saturated heterocycles. The Morgan fingerprint density at radius 2 is 2.06 bits per heavy atom. The van der Waals surface area contributed by atoms with E-state index in [1.807, 2.05) is 0 Å². The SMILES string of the molecule is CC(=O)OC[P+](=O)O[C@@H]1C[C@H](C)CC[C@H]1C(C)C. The fourth-order valence-corrected chi connectivity index (χ4v) is 3.45. The maximum atomic E-state index is 11.7. The molecule has 1 rings (SSSR count). The van der Waals surface area contributed by atoms with E-state index in [0.29, 0.717) is 17.8 Å². The Bertz CT molecular complexity index is 303. The van der Waals surface area contributed by atoms with Crippen molar-refractivity contribution in [3.8, 4) is 0 Å². The molecule has 5 heteroatoms. The van der Waals surface area contributed by atoms with Crippen molar-refractivity contribution in [2.24, 2.45) is 17.8 Å². The highest BCUT2D eigenvalue weighted by Crippen LogP contribution is 2.40. The molecule has 4 nitrogen and oxygen atoms in total. The van der Waals surface area contributed by atoms with E-state index in [1.54, 1.807) is 0 Å². The number of hydrogen-bond donors (Lipinski definition) is 0. The van der Waals surface area contributed by atoms with Crippen molar-refractivity contribution in [3.63, 3.8) is 0 Å². The van der Waals surface area contributed by atoms with Crippen LogP contribution in [-0.4, -0.2) is 18.4 Å². The predicted octanol–water partition coefficient (Wildman–Crippen LogP) is 3.73. The highest BCUT2D eigenvalue weighted by atomic mass is 31.1. The van der Waals surface area contributed by atoms with Gasteiger partial charge in [-0.1, -0.05) is 27.2 Å². The lowest BCUT2D eigenvalue weighted by atomic mass is 9.75. The van der Waals surface area contributed by atoms with Gasteiger partial charge < -0.3 is 4.74 Å². The van der Waals surface area contributed by atoms with Crippen LogP contribution in [0.5, 0.6) is 0 Å². The lowest BCUT2D eigenvalue weighted by Crippen LogP contribution is -2.33. The van der Waals surface area contributed by atoms with Gasteiger partial charge in [0.25, 0.3) is 0 Å². The van der Waals surface area contributed by atoms with Crippen molar-refractivity contribution in [2.75, 3.05) is 6.35 Å². The maximum absolute atomic E-state index is 11.7. The molecule has 1 aliphatic carbocycles. The van der Waals surface area contributed by atoms with E-state index in [-0.39, 0.29) is 12.5 Å². The lowest BCUT2D eigenvalue weighted by Gasteiger charge is -2.33. The molecule has 1 aliphatic rings. The van der Waals surface area contributed by atoms with Crippen LogP contribution < -0.4 is 0 Å². The highest BCUT2D eigenvalue weighted by molar-refractivity contribution is 7.38. The molecular weight excluding hydrogens is 251 g/mol. The van der Waals surface area contributed by atoms with E-state index >= 15 is 0 Å². The molecule has 0 aromatic carbocycles. The summed E-state index contributed by atoms with van der Waals surface area (Å²) in [5.41, 5.74) is 0. The van der Waals surface area contributed by atoms with Crippen LogP contribution in [0.1, 0.15) is 47.0 Å². The molecule has 0 bridgehead atoms. The average molecular weight is 275 g/mol. The monoisotopic (exact) mass is 275 g/mol. The highest BCUT2D eigenvalue weighted by Gasteiger charge is 2.37. The Morgan fingerprint density at radius 3 is 2.61 bits per heavy atom. The number of ether oxygens (including phenoxy) is 1. The number of hydrogen-bond acceptors (Lipinski definition) is 4. The molecule has 18 heavy (non-hydrogen) atoms. The van der Waals surface area contributed by atoms with Crippen molar-refractivity contribution in [2.45, 2.75) is 53.1 Å². The molecular formula is C13H24O4P+. The van der Waals surface area contributed by atoms with E-state index in [9.17, 15) is 9.36 Å². The summed E-state index contributed by atoms with van der Waals surface area (Å²) in [5.74, 6) is 1.18. The van der Waals surface area contributed by atoms with Crippen molar-refractivity contribution in [1.82, 2.24) is 0 Å². The second-order valence-corrected chi connectivity index (χ2v) is 6.70. The third-order valence-corrected chi connectivity index (χ3v) is 4.43. The van der Waals surface area contributed by atoms with Gasteiger partial charge in [-0.2, -0.15) is 0 Å². The molecule has 1 saturated carbocycles. The first kappa shape index (κ1) is 15.6. The maximum Gasteiger partial charge on any atom is 0.550 e. The molecule has 0 spiro atoms. The van der Waals surface area contributed by atoms with Crippen molar-refractivity contribution in [1.29, 1.82) is 0 Å². The van der Waals surface area contributed by atoms with Crippen molar-refractivity contribution in [3.05, 3.63) is 0 Å². The summed E-state index contributed by atoms with van der Waals surface area (Å²) >= 11 is 0. The fraction of sp³-hybridized carbons (Fsp3) is 0.923. The molecule has 0 aliphatic heterocycles. The first-order valence-electron chi connectivity index (χ1n) is 6.65. The van der Waals surface area contributed by atoms with E-state index in [4.69, 9.17) is 9.26 Å². The van der Waals surface area contributed by atoms with Gasteiger partial charge in [0.15, 0.2) is 0 Å². The quantitative estimate of drug-likeness (QED) is 0.566. The van der Waals surface area contributed by atoms with Gasteiger partial charge in [-0.05, 0) is 35.2 Å². The number of rotatable bonds is 5. The zero-order valence-electron chi connectivity index (χ0n) is 11.7. The van der Waals surface area contributed by atoms with Gasteiger partial charge in [0.2, 0.25) is 0 Å². The third kappa shape index (κ3) is 5.03. The molecule has 0 heterocycles. The molecule has 0 aromatic rings. The smallest absolute Gasteiger partial charge is 0.416 e. The summed E-state index contributed by atoms with van der Waals surface area (Å²) < 4.78 is 22.1. The van der Waals surface area contributed by atoms with Gasteiger partial charge in [-0.3, -0.25) is 4.79 Å². The predicted molar refractivity (Wildman–Crippen MR) is 70.5 cm³/mol. The molecule has 104 valence electrons. The van der Waals surface area contributed by atoms with Crippen LogP contribution in [-0.2, 0) is 18.6 Å². The minimum Gasteiger partial charge on any atom is -0.416 e. The Kier molecular flexibility index (Phi) is 6.24. The normalized spacial score (nSPS) is 29.2. The van der Waals surface area contributed by atoms with Crippen LogP contribution in [0, 0.1) is 17.8 Å². The van der Waals surface area contributed by atoms with E-state index in [0.717, 1.165) is 12.8 Å². The molecule has 0 amide bonds. The molecule has 4 atom stereocenters. The third-order valence-electron chi connectivity index (χ3n) is 3.59. The van der Waals surface area contributed by atoms with Crippen LogP contribution in [0.2, 0.25) is 0 Å². The van der Waals surface area contributed by atoms with Gasteiger partial charge >= 0.3 is 20.3 Å². The van der Waals surface area contributed by atoms with Gasteiger partial charge in [-0.25, -0.2) is 0 Å². The fourth-order valence-electron chi connectivity index (χ4n) is 2.56. The van der Waals surface area contributed by atoms with E-state index in [2.05, 4.69) is 20.8 Å². The zero-order chi connectivity index (χ0) is 13.7. The molecule has 0 radical (unpaired) electrons. The lowest BCUT2D eigenvalue weighted by molar-refractivity contribution is -0.139. The second kappa shape index (κ2) is 7.20. The average Bonchev–Trinajstić information content (AvgIpc) is 2.26. The van der Waals surface area contributed by atoms with Crippen LogP contribution in [0.4, 0.5) is 0 Å². The van der Waals surface area contributed by atoms with Gasteiger partial charge in [-0.15, -0.1) is 4.52 Å². The van der Waals surface area contributed by atoms with Gasteiger partial charge in [0.1, 0.15) is 6.10 Å². The summed E-state index contributed by atoms with van der Waals surface area (Å²) in [6.45, 7) is 7.86. The number of esters is 1. The summed E-state index contributed by atoms with van der Waals surface area (Å²) in [6, 6.07) is 0. The Labute approximate surface area is 110 Å². The largest absolute Gasteiger partial charge is 0.550 e. The van der Waals surface area contributed by atoms with Crippen LogP contribution in [0.15, 0.2) is 0 Å². The molecule has 1 unspecified atom stereocenters. The van der Waals surface area contributed by atoms with E-state index in [1.165, 1.54) is 13.3 Å². The first-order valence-corrected chi connectivity index (χ1v) is 8.01. The summed E-state index contributed by atoms with van der Waals surface area (Å²) in [6.07, 6.45) is 3.20. The number of carbonyl (C=O) groups excluding carboxylic acids is 1. The summed E-state index contributed by atoms with van der Waals surface area (Å²) in [4.78, 5) is 10.7. The van der Waals surface area contributed by atoms with Crippen molar-refractivity contribution < 1.29 is 18.6 Å².